The summed E-state index contributed by atoms with van der Waals surface area (Å²) in [5, 5.41) is 8.32. The van der Waals surface area contributed by atoms with E-state index in [-0.39, 0.29) is 11.9 Å². The van der Waals surface area contributed by atoms with Crippen LogP contribution >= 0.6 is 27.3 Å². The summed E-state index contributed by atoms with van der Waals surface area (Å²) >= 11 is 5.12. The highest BCUT2D eigenvalue weighted by Gasteiger charge is 2.27. The summed E-state index contributed by atoms with van der Waals surface area (Å²) in [6, 6.07) is 1.98. The van der Waals surface area contributed by atoms with E-state index < -0.39 is 0 Å². The molecule has 1 amide bonds. The third-order valence-electron chi connectivity index (χ3n) is 3.17. The average Bonchev–Trinajstić information content (AvgIpc) is 2.72. The molecule has 1 aliphatic rings. The van der Waals surface area contributed by atoms with Gasteiger partial charge in [-0.25, -0.2) is 0 Å². The van der Waals surface area contributed by atoms with E-state index in [1.54, 1.807) is 11.3 Å². The van der Waals surface area contributed by atoms with Crippen molar-refractivity contribution in [2.24, 2.45) is 5.92 Å². The molecule has 2 rings (SSSR count). The summed E-state index contributed by atoms with van der Waals surface area (Å²) in [5.74, 6) is 0.549. The number of carbonyl (C=O) groups is 1. The lowest BCUT2D eigenvalue weighted by Gasteiger charge is -2.28. The molecule has 0 radical (unpaired) electrons. The Morgan fingerprint density at radius 1 is 1.71 bits per heavy atom. The Hall–Kier alpha value is -0.390. The number of hydrogen-bond acceptors (Lipinski definition) is 3. The van der Waals surface area contributed by atoms with Crippen molar-refractivity contribution in [3.63, 3.8) is 0 Å². The molecule has 1 aromatic heterocycles. The average molecular weight is 317 g/mol. The molecule has 1 aliphatic heterocycles. The van der Waals surface area contributed by atoms with E-state index in [1.165, 1.54) is 11.3 Å². The van der Waals surface area contributed by atoms with E-state index in [9.17, 15) is 4.79 Å². The Kier molecular flexibility index (Phi) is 4.59. The van der Waals surface area contributed by atoms with Gasteiger partial charge in [0.2, 0.25) is 5.91 Å². The number of rotatable bonds is 3. The van der Waals surface area contributed by atoms with Gasteiger partial charge in [-0.1, -0.05) is 6.92 Å². The van der Waals surface area contributed by atoms with E-state index in [2.05, 4.69) is 33.5 Å². The minimum atomic E-state index is -0.0255. The van der Waals surface area contributed by atoms with Crippen LogP contribution in [0, 0.1) is 5.92 Å². The topological polar surface area (TPSA) is 41.1 Å². The van der Waals surface area contributed by atoms with Crippen molar-refractivity contribution in [1.29, 1.82) is 0 Å². The van der Waals surface area contributed by atoms with E-state index >= 15 is 0 Å². The highest BCUT2D eigenvalue weighted by molar-refractivity contribution is 9.10. The normalized spacial score (nSPS) is 24.6. The van der Waals surface area contributed by atoms with E-state index in [4.69, 9.17) is 0 Å². The molecule has 0 spiro atoms. The second-order valence-corrected chi connectivity index (χ2v) is 6.32. The summed E-state index contributed by atoms with van der Waals surface area (Å²) in [6.45, 7) is 3.70. The maximum Gasteiger partial charge on any atom is 0.237 e. The third kappa shape index (κ3) is 3.30. The number of halogens is 1. The zero-order valence-corrected chi connectivity index (χ0v) is 12.2. The first-order chi connectivity index (χ1) is 8.18. The molecule has 2 atom stereocenters. The lowest BCUT2D eigenvalue weighted by Crippen LogP contribution is -2.50. The molecule has 1 saturated heterocycles. The van der Waals surface area contributed by atoms with Crippen LogP contribution in [0.2, 0.25) is 0 Å². The van der Waals surface area contributed by atoms with Gasteiger partial charge in [0.25, 0.3) is 0 Å². The van der Waals surface area contributed by atoms with Crippen molar-refractivity contribution in [2.75, 3.05) is 6.54 Å². The Bertz CT molecular complexity index is 394. The molecule has 94 valence electrons. The summed E-state index contributed by atoms with van der Waals surface area (Å²) in [4.78, 5) is 13.2. The molecule has 0 aliphatic carbocycles. The monoisotopic (exact) mass is 316 g/mol. The highest BCUT2D eigenvalue weighted by Crippen LogP contribution is 2.22. The SMILES string of the molecule is CC1CCCNC1C(=O)NCc1sccc1Br. The van der Waals surface area contributed by atoms with Crippen molar-refractivity contribution < 1.29 is 4.79 Å². The zero-order chi connectivity index (χ0) is 12.3. The number of piperidine rings is 1. The van der Waals surface area contributed by atoms with Crippen molar-refractivity contribution in [2.45, 2.75) is 32.4 Å². The molecule has 0 saturated carbocycles. The number of thiophene rings is 1. The molecule has 2 heterocycles. The predicted molar refractivity (Wildman–Crippen MR) is 74.1 cm³/mol. The Morgan fingerprint density at radius 3 is 3.18 bits per heavy atom. The maximum absolute atomic E-state index is 12.0. The molecular formula is C12H17BrN2OS. The molecule has 1 aromatic rings. The predicted octanol–water partition coefficient (Wildman–Crippen LogP) is 2.51. The van der Waals surface area contributed by atoms with Gasteiger partial charge in [-0.2, -0.15) is 0 Å². The van der Waals surface area contributed by atoms with Crippen LogP contribution in [0.5, 0.6) is 0 Å². The van der Waals surface area contributed by atoms with Gasteiger partial charge < -0.3 is 10.6 Å². The van der Waals surface area contributed by atoms with Gasteiger partial charge in [0.1, 0.15) is 0 Å². The summed E-state index contributed by atoms with van der Waals surface area (Å²) in [7, 11) is 0. The molecule has 3 nitrogen and oxygen atoms in total. The van der Waals surface area contributed by atoms with Crippen molar-refractivity contribution in [3.05, 3.63) is 20.8 Å². The first-order valence-electron chi connectivity index (χ1n) is 5.91. The van der Waals surface area contributed by atoms with Crippen LogP contribution in [0.15, 0.2) is 15.9 Å². The lowest BCUT2D eigenvalue weighted by molar-refractivity contribution is -0.125. The Balaban J connectivity index is 1.86. The first-order valence-corrected chi connectivity index (χ1v) is 7.58. The molecule has 0 aromatic carbocycles. The van der Waals surface area contributed by atoms with Crippen LogP contribution < -0.4 is 10.6 Å². The molecule has 17 heavy (non-hydrogen) atoms. The highest BCUT2D eigenvalue weighted by atomic mass is 79.9. The first kappa shape index (κ1) is 13.1. The number of carbonyl (C=O) groups excluding carboxylic acids is 1. The zero-order valence-electron chi connectivity index (χ0n) is 9.83. The standard InChI is InChI=1S/C12H17BrN2OS/c1-8-3-2-5-14-11(8)12(16)15-7-10-9(13)4-6-17-10/h4,6,8,11,14H,2-3,5,7H2,1H3,(H,15,16). The smallest absolute Gasteiger partial charge is 0.237 e. The van der Waals surface area contributed by atoms with Gasteiger partial charge in [0, 0.05) is 9.35 Å². The second-order valence-electron chi connectivity index (χ2n) is 4.46. The molecule has 2 unspecified atom stereocenters. The van der Waals surface area contributed by atoms with Crippen LogP contribution in [0.25, 0.3) is 0 Å². The van der Waals surface area contributed by atoms with Gasteiger partial charge in [-0.3, -0.25) is 4.79 Å². The van der Waals surface area contributed by atoms with Gasteiger partial charge >= 0.3 is 0 Å². The summed E-state index contributed by atoms with van der Waals surface area (Å²) < 4.78 is 1.08. The second kappa shape index (κ2) is 5.98. The van der Waals surface area contributed by atoms with Crippen molar-refractivity contribution in [1.82, 2.24) is 10.6 Å². The van der Waals surface area contributed by atoms with Gasteiger partial charge in [0.15, 0.2) is 0 Å². The molecule has 0 bridgehead atoms. The van der Waals surface area contributed by atoms with Crippen LogP contribution in [-0.4, -0.2) is 18.5 Å². The van der Waals surface area contributed by atoms with E-state index in [0.29, 0.717) is 12.5 Å². The van der Waals surface area contributed by atoms with Gasteiger partial charge in [-0.05, 0) is 52.7 Å². The fraction of sp³-hybridized carbons (Fsp3) is 0.583. The molecule has 2 N–H and O–H groups in total. The fourth-order valence-electron chi connectivity index (χ4n) is 2.13. The third-order valence-corrected chi connectivity index (χ3v) is 5.09. The van der Waals surface area contributed by atoms with Crippen molar-refractivity contribution >= 4 is 33.2 Å². The number of amides is 1. The van der Waals surface area contributed by atoms with Crippen molar-refractivity contribution in [3.8, 4) is 0 Å². The number of hydrogen-bond donors (Lipinski definition) is 2. The lowest BCUT2D eigenvalue weighted by atomic mass is 9.92. The fourth-order valence-corrected chi connectivity index (χ4v) is 3.56. The van der Waals surface area contributed by atoms with Crippen LogP contribution in [-0.2, 0) is 11.3 Å². The van der Waals surface area contributed by atoms with Crippen LogP contribution in [0.4, 0.5) is 0 Å². The molecule has 5 heteroatoms. The van der Waals surface area contributed by atoms with Gasteiger partial charge in [0.05, 0.1) is 12.6 Å². The van der Waals surface area contributed by atoms with E-state index in [1.807, 2.05) is 11.4 Å². The van der Waals surface area contributed by atoms with Crippen LogP contribution in [0.1, 0.15) is 24.6 Å². The van der Waals surface area contributed by atoms with E-state index in [0.717, 1.165) is 17.4 Å². The number of nitrogens with one attached hydrogen (secondary N) is 2. The Morgan fingerprint density at radius 2 is 2.53 bits per heavy atom. The summed E-state index contributed by atoms with van der Waals surface area (Å²) in [5.41, 5.74) is 0. The molecule has 1 fully saturated rings. The maximum atomic E-state index is 12.0. The minimum Gasteiger partial charge on any atom is -0.350 e. The van der Waals surface area contributed by atoms with Gasteiger partial charge in [-0.15, -0.1) is 11.3 Å². The van der Waals surface area contributed by atoms with Crippen LogP contribution in [0.3, 0.4) is 0 Å². The Labute approximate surface area is 114 Å². The summed E-state index contributed by atoms with van der Waals surface area (Å²) in [6.07, 6.45) is 2.30. The quantitative estimate of drug-likeness (QED) is 0.899. The minimum absolute atomic E-state index is 0.0255. The molecular weight excluding hydrogens is 300 g/mol. The largest absolute Gasteiger partial charge is 0.350 e.